The fourth-order valence-electron chi connectivity index (χ4n) is 13.3. The van der Waals surface area contributed by atoms with Crippen LogP contribution in [0.25, 0.3) is 0 Å². The van der Waals surface area contributed by atoms with E-state index in [2.05, 4.69) is 43.5 Å². The van der Waals surface area contributed by atoms with Crippen LogP contribution in [0.3, 0.4) is 0 Å². The summed E-state index contributed by atoms with van der Waals surface area (Å²) in [6.45, 7) is 3.52. The molecule has 0 radical (unpaired) electrons. The molecule has 0 aliphatic carbocycles. The van der Waals surface area contributed by atoms with Gasteiger partial charge >= 0.3 is 0 Å². The van der Waals surface area contributed by atoms with E-state index in [1.165, 1.54) is 334 Å². The summed E-state index contributed by atoms with van der Waals surface area (Å²) in [5, 5.41) is 76.7. The van der Waals surface area contributed by atoms with Crippen LogP contribution < -0.4 is 5.32 Å². The number of ether oxygens (including phenoxy) is 2. The molecule has 1 fully saturated rings. The number of carbonyl (C=O) groups excluding carboxylic acids is 1. The van der Waals surface area contributed by atoms with Crippen molar-refractivity contribution in [1.82, 2.24) is 5.32 Å². The van der Waals surface area contributed by atoms with Gasteiger partial charge in [0.2, 0.25) is 5.91 Å². The quantitative estimate of drug-likeness (QED) is 0.0215. The van der Waals surface area contributed by atoms with Gasteiger partial charge in [-0.1, -0.05) is 372 Å². The first kappa shape index (κ1) is 87.6. The van der Waals surface area contributed by atoms with Gasteiger partial charge in [0.25, 0.3) is 0 Å². The maximum absolute atomic E-state index is 13.3. The highest BCUT2D eigenvalue weighted by Crippen LogP contribution is 2.24. The van der Waals surface area contributed by atoms with Crippen molar-refractivity contribution in [3.63, 3.8) is 0 Å². The molecule has 11 nitrogen and oxygen atoms in total. The topological polar surface area (TPSA) is 189 Å². The summed E-state index contributed by atoms with van der Waals surface area (Å²) in [5.41, 5.74) is 0. The van der Waals surface area contributed by atoms with Crippen LogP contribution in [0.5, 0.6) is 0 Å². The van der Waals surface area contributed by atoms with Gasteiger partial charge in [0.15, 0.2) is 6.29 Å². The molecule has 9 atom stereocenters. The maximum Gasteiger partial charge on any atom is 0.249 e. The summed E-state index contributed by atoms with van der Waals surface area (Å²) in [5.74, 6) is -0.698. The fraction of sp³-hybridized carbons (Fsp3) is 0.938. The summed E-state index contributed by atoms with van der Waals surface area (Å²) < 4.78 is 11.2. The predicted octanol–water partition coefficient (Wildman–Crippen LogP) is 20.7. The minimum atomic E-state index is -1.67. The van der Waals surface area contributed by atoms with Crippen LogP contribution >= 0.6 is 0 Å². The van der Waals surface area contributed by atoms with Gasteiger partial charge in [0, 0.05) is 0 Å². The Kier molecular flexibility index (Phi) is 66.0. The van der Waals surface area contributed by atoms with Crippen molar-refractivity contribution in [3.8, 4) is 0 Å². The third kappa shape index (κ3) is 55.3. The third-order valence-corrected chi connectivity index (χ3v) is 19.7. The van der Waals surface area contributed by atoms with E-state index in [-0.39, 0.29) is 12.8 Å². The van der Waals surface area contributed by atoms with E-state index >= 15 is 0 Å². The molecule has 0 aromatic rings. The van der Waals surface area contributed by atoms with Crippen LogP contribution in [0, 0.1) is 0 Å². The van der Waals surface area contributed by atoms with Gasteiger partial charge in [-0.25, -0.2) is 0 Å². The number of unbranched alkanes of at least 4 members (excludes halogenated alkanes) is 56. The van der Waals surface area contributed by atoms with E-state index < -0.39 is 74.2 Å². The SMILES string of the molecule is CCCCCCCCCCCCCCCCCC/C=C\CCCCCCCCCCCCCCCCCCC(O)C(=O)NC(COC1OC(CO)C(O)C(O)C1O)C(O)C(O)CCC/C=C/CCCCCCCCCCCCCCCCCCCCCCCCC. The van der Waals surface area contributed by atoms with Gasteiger partial charge in [-0.2, -0.15) is 0 Å². The van der Waals surface area contributed by atoms with E-state index in [9.17, 15) is 40.5 Å². The highest BCUT2D eigenvalue weighted by molar-refractivity contribution is 5.80. The zero-order valence-corrected chi connectivity index (χ0v) is 60.1. The highest BCUT2D eigenvalue weighted by atomic mass is 16.7. The van der Waals surface area contributed by atoms with Crippen molar-refractivity contribution < 1.29 is 50.0 Å². The minimum absolute atomic E-state index is 0.258. The Morgan fingerprint density at radius 2 is 0.648 bits per heavy atom. The second-order valence-corrected chi connectivity index (χ2v) is 28.5. The average molecular weight is 1290 g/mol. The molecule has 1 heterocycles. The van der Waals surface area contributed by atoms with Crippen molar-refractivity contribution in [2.24, 2.45) is 0 Å². The molecule has 0 spiro atoms. The van der Waals surface area contributed by atoms with E-state index in [1.54, 1.807) is 0 Å². The highest BCUT2D eigenvalue weighted by Gasteiger charge is 2.44. The first-order valence-corrected chi connectivity index (χ1v) is 40.2. The summed E-state index contributed by atoms with van der Waals surface area (Å²) in [6.07, 6.45) is 77.3. The summed E-state index contributed by atoms with van der Waals surface area (Å²) in [6, 6.07) is -1.19. The third-order valence-electron chi connectivity index (χ3n) is 19.7. The van der Waals surface area contributed by atoms with Crippen molar-refractivity contribution in [2.45, 2.75) is 467 Å². The van der Waals surface area contributed by atoms with E-state index in [1.807, 2.05) is 0 Å². The molecule has 1 saturated heterocycles. The Morgan fingerprint density at radius 1 is 0.374 bits per heavy atom. The Balaban J connectivity index is 2.13. The monoisotopic (exact) mass is 1290 g/mol. The lowest BCUT2D eigenvalue weighted by Crippen LogP contribution is -2.60. The molecule has 8 N–H and O–H groups in total. The number of nitrogens with one attached hydrogen (secondary N) is 1. The van der Waals surface area contributed by atoms with Crippen molar-refractivity contribution >= 4 is 5.91 Å². The molecule has 0 bridgehead atoms. The Labute approximate surface area is 563 Å². The number of carbonyl (C=O) groups is 1. The lowest BCUT2D eigenvalue weighted by Gasteiger charge is -2.40. The molecule has 0 saturated carbocycles. The molecule has 91 heavy (non-hydrogen) atoms. The number of hydrogen-bond acceptors (Lipinski definition) is 10. The number of rotatable bonds is 72. The zero-order chi connectivity index (χ0) is 66.0. The molecule has 540 valence electrons. The second-order valence-electron chi connectivity index (χ2n) is 28.5. The molecule has 11 heteroatoms. The Morgan fingerprint density at radius 3 is 0.945 bits per heavy atom. The molecular weight excluding hydrogens is 1130 g/mol. The summed E-state index contributed by atoms with van der Waals surface area (Å²) >= 11 is 0. The molecule has 0 aromatic heterocycles. The molecule has 1 aliphatic heterocycles. The molecule has 1 aliphatic rings. The normalized spacial score (nSPS) is 18.5. The van der Waals surface area contributed by atoms with Crippen molar-refractivity contribution in [1.29, 1.82) is 0 Å². The summed E-state index contributed by atoms with van der Waals surface area (Å²) in [7, 11) is 0. The molecule has 1 amide bonds. The second kappa shape index (κ2) is 68.5. The van der Waals surface area contributed by atoms with Crippen molar-refractivity contribution in [3.05, 3.63) is 24.3 Å². The minimum Gasteiger partial charge on any atom is -0.394 e. The van der Waals surface area contributed by atoms with Gasteiger partial charge in [-0.3, -0.25) is 4.79 Å². The smallest absolute Gasteiger partial charge is 0.249 e. The number of hydrogen-bond donors (Lipinski definition) is 8. The average Bonchev–Trinajstić information content (AvgIpc) is 1.05. The van der Waals surface area contributed by atoms with E-state index in [4.69, 9.17) is 9.47 Å². The molecule has 1 rings (SSSR count). The maximum atomic E-state index is 13.3. The van der Waals surface area contributed by atoms with Crippen LogP contribution in [0.2, 0.25) is 0 Å². The van der Waals surface area contributed by atoms with Crippen LogP contribution in [0.4, 0.5) is 0 Å². The van der Waals surface area contributed by atoms with Crippen LogP contribution in [0.15, 0.2) is 24.3 Å². The lowest BCUT2D eigenvalue weighted by atomic mass is 9.98. The number of amides is 1. The number of aliphatic hydroxyl groups is 7. The predicted molar refractivity (Wildman–Crippen MR) is 386 cm³/mol. The molecule has 9 unspecified atom stereocenters. The van der Waals surface area contributed by atoms with Gasteiger partial charge < -0.3 is 50.5 Å². The van der Waals surface area contributed by atoms with Gasteiger partial charge in [-0.15, -0.1) is 0 Å². The Hall–Kier alpha value is -1.41. The van der Waals surface area contributed by atoms with E-state index in [0.717, 1.165) is 38.5 Å². The largest absolute Gasteiger partial charge is 0.394 e. The van der Waals surface area contributed by atoms with Gasteiger partial charge in [0.1, 0.15) is 36.6 Å². The lowest BCUT2D eigenvalue weighted by molar-refractivity contribution is -0.303. The first-order valence-electron chi connectivity index (χ1n) is 40.2. The molecular formula is C80H155NO10. The van der Waals surface area contributed by atoms with Crippen LogP contribution in [-0.2, 0) is 14.3 Å². The van der Waals surface area contributed by atoms with E-state index in [0.29, 0.717) is 12.8 Å². The number of allylic oxidation sites excluding steroid dienone is 4. The summed E-state index contributed by atoms with van der Waals surface area (Å²) in [4.78, 5) is 13.3. The Bertz CT molecular complexity index is 1530. The van der Waals surface area contributed by atoms with Crippen LogP contribution in [0.1, 0.15) is 412 Å². The molecule has 0 aromatic carbocycles. The number of aliphatic hydroxyl groups excluding tert-OH is 7. The van der Waals surface area contributed by atoms with Crippen molar-refractivity contribution in [2.75, 3.05) is 13.2 Å². The van der Waals surface area contributed by atoms with Crippen LogP contribution in [-0.4, -0.2) is 110 Å². The van der Waals surface area contributed by atoms with Gasteiger partial charge in [-0.05, 0) is 64.2 Å². The first-order chi connectivity index (χ1) is 44.7. The standard InChI is InChI=1S/C80H155NO10/c1-3-5-7-9-11-13-15-17-19-21-23-25-27-29-31-33-34-35-36-37-38-39-40-42-44-46-48-50-52-54-56-58-60-62-64-66-68-73(84)79(89)81-71(70-90-80-78(88)77(87)76(86)74(69-82)91-80)75(85)72(83)67-65-63-61-59-57-55-53-51-49-47-45-43-41-32-30-28-26-24-22-20-18-16-14-12-10-8-6-4-2/h35-36,59,61,71-78,80,82-88H,3-34,37-58,60,62-70H2,1-2H3,(H,81,89)/b36-35-,61-59+. The zero-order valence-electron chi connectivity index (χ0n) is 60.1. The fourth-order valence-corrected chi connectivity index (χ4v) is 13.3. The van der Waals surface area contributed by atoms with Gasteiger partial charge in [0.05, 0.1) is 25.4 Å².